The predicted octanol–water partition coefficient (Wildman–Crippen LogP) is 1.71. The summed E-state index contributed by atoms with van der Waals surface area (Å²) in [6.07, 6.45) is 5.11. The summed E-state index contributed by atoms with van der Waals surface area (Å²) in [6.45, 7) is 0.585. The minimum absolute atomic E-state index is 0.169. The largest absolute Gasteiger partial charge is 0.377 e. The molecule has 0 unspecified atom stereocenters. The van der Waals surface area contributed by atoms with Crippen molar-refractivity contribution in [2.45, 2.75) is 25.4 Å². The number of nitrogens with one attached hydrogen (secondary N) is 1. The highest BCUT2D eigenvalue weighted by atomic mass is 32.2. The van der Waals surface area contributed by atoms with Gasteiger partial charge in [-0.25, -0.2) is 13.1 Å². The Morgan fingerprint density at radius 3 is 2.71 bits per heavy atom. The van der Waals surface area contributed by atoms with Crippen LogP contribution in [0.1, 0.15) is 24.8 Å². The minimum Gasteiger partial charge on any atom is -0.377 e. The van der Waals surface area contributed by atoms with Crippen molar-refractivity contribution < 1.29 is 17.9 Å². The number of sulfonamides is 1. The van der Waals surface area contributed by atoms with Gasteiger partial charge in [0.2, 0.25) is 10.0 Å². The topological polar surface area (TPSA) is 72.5 Å². The second-order valence-corrected chi connectivity index (χ2v) is 6.75. The number of amides is 1. The van der Waals surface area contributed by atoms with Crippen LogP contribution in [0.2, 0.25) is 0 Å². The van der Waals surface area contributed by atoms with Gasteiger partial charge in [0, 0.05) is 12.7 Å². The molecule has 1 aromatic rings. The van der Waals surface area contributed by atoms with Gasteiger partial charge in [0.1, 0.15) is 0 Å². The standard InChI is InChI=1S/C15H19NO4S/c17-15(10-9-13-6-2-1-3-7-13)16-21(18,19)12-14-8-4-5-11-20-14/h1-3,6-7,9-10,14H,4-5,8,11-12H2,(H,16,17)/b10-9-/t14-/m0/s1. The lowest BCUT2D eigenvalue weighted by Gasteiger charge is -2.22. The van der Waals surface area contributed by atoms with Crippen molar-refractivity contribution in [2.24, 2.45) is 0 Å². The molecule has 1 aliphatic rings. The molecule has 1 N–H and O–H groups in total. The highest BCUT2D eigenvalue weighted by Gasteiger charge is 2.22. The van der Waals surface area contributed by atoms with Crippen molar-refractivity contribution in [3.8, 4) is 0 Å². The van der Waals surface area contributed by atoms with Gasteiger partial charge in [-0.05, 0) is 30.9 Å². The highest BCUT2D eigenvalue weighted by Crippen LogP contribution is 2.14. The number of hydrogen-bond acceptors (Lipinski definition) is 4. The van der Waals surface area contributed by atoms with Crippen LogP contribution in [0.25, 0.3) is 6.08 Å². The van der Waals surface area contributed by atoms with E-state index in [0.717, 1.165) is 24.8 Å². The van der Waals surface area contributed by atoms with Crippen molar-refractivity contribution in [2.75, 3.05) is 12.4 Å². The Hall–Kier alpha value is -1.66. The van der Waals surface area contributed by atoms with Gasteiger partial charge in [-0.2, -0.15) is 0 Å². The third-order valence-electron chi connectivity index (χ3n) is 3.16. The molecule has 1 fully saturated rings. The summed E-state index contributed by atoms with van der Waals surface area (Å²) in [4.78, 5) is 11.7. The molecular weight excluding hydrogens is 290 g/mol. The predicted molar refractivity (Wildman–Crippen MR) is 81.0 cm³/mol. The van der Waals surface area contributed by atoms with Crippen LogP contribution in [-0.2, 0) is 19.6 Å². The van der Waals surface area contributed by atoms with E-state index in [4.69, 9.17) is 4.74 Å². The van der Waals surface area contributed by atoms with E-state index < -0.39 is 15.9 Å². The van der Waals surface area contributed by atoms with Crippen LogP contribution < -0.4 is 4.72 Å². The normalized spacial score (nSPS) is 19.5. The lowest BCUT2D eigenvalue weighted by molar-refractivity contribution is -0.114. The second kappa shape index (κ2) is 7.38. The molecule has 0 aliphatic carbocycles. The van der Waals surface area contributed by atoms with Gasteiger partial charge >= 0.3 is 0 Å². The molecule has 0 aromatic heterocycles. The highest BCUT2D eigenvalue weighted by molar-refractivity contribution is 7.90. The number of carbonyl (C=O) groups is 1. The third-order valence-corrected chi connectivity index (χ3v) is 4.48. The molecule has 0 spiro atoms. The molecule has 21 heavy (non-hydrogen) atoms. The van der Waals surface area contributed by atoms with Crippen LogP contribution in [0.15, 0.2) is 36.4 Å². The van der Waals surface area contributed by atoms with E-state index in [0.29, 0.717) is 6.61 Å². The summed E-state index contributed by atoms with van der Waals surface area (Å²) in [5.41, 5.74) is 0.834. The van der Waals surface area contributed by atoms with Gasteiger partial charge in [-0.3, -0.25) is 4.79 Å². The summed E-state index contributed by atoms with van der Waals surface area (Å²) >= 11 is 0. The molecule has 0 saturated carbocycles. The Bertz CT molecular complexity index is 589. The Balaban J connectivity index is 1.87. The zero-order valence-corrected chi connectivity index (χ0v) is 12.5. The van der Waals surface area contributed by atoms with Gasteiger partial charge in [0.15, 0.2) is 0 Å². The van der Waals surface area contributed by atoms with Crippen molar-refractivity contribution in [1.82, 2.24) is 4.72 Å². The second-order valence-electron chi connectivity index (χ2n) is 4.98. The first kappa shape index (κ1) is 15.7. The third kappa shape index (κ3) is 5.69. The maximum Gasteiger partial charge on any atom is 0.257 e. The summed E-state index contributed by atoms with van der Waals surface area (Å²) in [5, 5.41) is 0. The Morgan fingerprint density at radius 1 is 1.29 bits per heavy atom. The first-order chi connectivity index (χ1) is 10.1. The molecule has 0 bridgehead atoms. The molecule has 1 atom stereocenters. The molecule has 1 aromatic carbocycles. The van der Waals surface area contributed by atoms with Crippen molar-refractivity contribution in [3.63, 3.8) is 0 Å². The van der Waals surface area contributed by atoms with Crippen molar-refractivity contribution >= 4 is 22.0 Å². The first-order valence-electron chi connectivity index (χ1n) is 6.94. The number of ether oxygens (including phenoxy) is 1. The lowest BCUT2D eigenvalue weighted by atomic mass is 10.1. The van der Waals surface area contributed by atoms with Crippen LogP contribution >= 0.6 is 0 Å². The zero-order valence-electron chi connectivity index (χ0n) is 11.7. The number of benzene rings is 1. The summed E-state index contributed by atoms with van der Waals surface area (Å²) < 4.78 is 31.2. The number of hydrogen-bond donors (Lipinski definition) is 1. The zero-order chi connectivity index (χ0) is 15.1. The average Bonchev–Trinajstić information content (AvgIpc) is 2.46. The monoisotopic (exact) mass is 309 g/mol. The van der Waals surface area contributed by atoms with Crippen LogP contribution in [0.4, 0.5) is 0 Å². The molecule has 6 heteroatoms. The lowest BCUT2D eigenvalue weighted by Crippen LogP contribution is -2.37. The van der Waals surface area contributed by atoms with E-state index in [9.17, 15) is 13.2 Å². The molecule has 5 nitrogen and oxygen atoms in total. The van der Waals surface area contributed by atoms with E-state index in [-0.39, 0.29) is 11.9 Å². The summed E-state index contributed by atoms with van der Waals surface area (Å²) in [6, 6.07) is 9.21. The van der Waals surface area contributed by atoms with Gasteiger partial charge in [0.05, 0.1) is 11.9 Å². The molecule has 1 saturated heterocycles. The molecule has 0 radical (unpaired) electrons. The minimum atomic E-state index is -3.66. The molecule has 2 rings (SSSR count). The van der Waals surface area contributed by atoms with E-state index in [1.54, 1.807) is 6.08 Å². The SMILES string of the molecule is O=C(/C=C\c1ccccc1)NS(=O)(=O)C[C@@H]1CCCCO1. The Labute approximate surface area is 125 Å². The quantitative estimate of drug-likeness (QED) is 0.841. The molecule has 1 aliphatic heterocycles. The molecule has 114 valence electrons. The van der Waals surface area contributed by atoms with E-state index in [1.807, 2.05) is 35.1 Å². The first-order valence-corrected chi connectivity index (χ1v) is 8.59. The van der Waals surface area contributed by atoms with Crippen LogP contribution in [0, 0.1) is 0 Å². The fraction of sp³-hybridized carbons (Fsp3) is 0.400. The fourth-order valence-electron chi connectivity index (χ4n) is 2.15. The van der Waals surface area contributed by atoms with Crippen LogP contribution in [0.5, 0.6) is 0 Å². The Kier molecular flexibility index (Phi) is 5.52. The van der Waals surface area contributed by atoms with E-state index in [1.165, 1.54) is 6.08 Å². The maximum absolute atomic E-state index is 11.9. The van der Waals surface area contributed by atoms with Gasteiger partial charge in [-0.15, -0.1) is 0 Å². The van der Waals surface area contributed by atoms with Gasteiger partial charge in [-0.1, -0.05) is 30.3 Å². The number of rotatable bonds is 5. The smallest absolute Gasteiger partial charge is 0.257 e. The fourth-order valence-corrected chi connectivity index (χ4v) is 3.36. The average molecular weight is 309 g/mol. The molecule has 1 amide bonds. The Morgan fingerprint density at radius 2 is 2.05 bits per heavy atom. The van der Waals surface area contributed by atoms with Crippen LogP contribution in [-0.4, -0.2) is 32.8 Å². The van der Waals surface area contributed by atoms with Crippen molar-refractivity contribution in [1.29, 1.82) is 0 Å². The van der Waals surface area contributed by atoms with Crippen molar-refractivity contribution in [3.05, 3.63) is 42.0 Å². The molecule has 1 heterocycles. The van der Waals surface area contributed by atoms with E-state index in [2.05, 4.69) is 0 Å². The molecular formula is C15H19NO4S. The summed E-state index contributed by atoms with van der Waals surface area (Å²) in [7, 11) is -3.66. The summed E-state index contributed by atoms with van der Waals surface area (Å²) in [5.74, 6) is -0.813. The number of carbonyl (C=O) groups excluding carboxylic acids is 1. The maximum atomic E-state index is 11.9. The van der Waals surface area contributed by atoms with Crippen LogP contribution in [0.3, 0.4) is 0 Å². The van der Waals surface area contributed by atoms with Gasteiger partial charge in [0.25, 0.3) is 5.91 Å². The van der Waals surface area contributed by atoms with E-state index >= 15 is 0 Å². The van der Waals surface area contributed by atoms with Gasteiger partial charge < -0.3 is 4.74 Å².